The maximum absolute atomic E-state index is 10.5. The van der Waals surface area contributed by atoms with Gasteiger partial charge in [0.05, 0.1) is 0 Å². The van der Waals surface area contributed by atoms with E-state index in [1.54, 1.807) is 5.57 Å². The molecule has 0 aromatic carbocycles. The van der Waals surface area contributed by atoms with Crippen LogP contribution >= 0.6 is 0 Å². The van der Waals surface area contributed by atoms with Gasteiger partial charge in [-0.05, 0) is 57.3 Å². The Morgan fingerprint density at radius 1 is 0.931 bits per heavy atom. The molecular weight excluding hydrogens is 356 g/mol. The van der Waals surface area contributed by atoms with Gasteiger partial charge in [0.1, 0.15) is 0 Å². The van der Waals surface area contributed by atoms with Gasteiger partial charge in [-0.15, -0.1) is 0 Å². The maximum Gasteiger partial charge on any atom is 0.303 e. The fourth-order valence-corrected chi connectivity index (χ4v) is 4.69. The summed E-state index contributed by atoms with van der Waals surface area (Å²) >= 11 is 0. The van der Waals surface area contributed by atoms with Crippen molar-refractivity contribution in [2.75, 3.05) is 0 Å². The molecule has 0 fully saturated rings. The average molecular weight is 403 g/mol. The molecule has 1 aliphatic rings. The lowest BCUT2D eigenvalue weighted by Gasteiger charge is -2.38. The molecule has 1 aliphatic carbocycles. The van der Waals surface area contributed by atoms with Gasteiger partial charge < -0.3 is 5.11 Å². The average Bonchev–Trinajstić information content (AvgIpc) is 2.66. The van der Waals surface area contributed by atoms with Crippen molar-refractivity contribution in [2.24, 2.45) is 11.3 Å². The second kappa shape index (κ2) is 14.6. The van der Waals surface area contributed by atoms with Crippen LogP contribution in [0.1, 0.15) is 118 Å². The molecule has 2 atom stereocenters. The van der Waals surface area contributed by atoms with E-state index in [9.17, 15) is 4.79 Å². The summed E-state index contributed by atoms with van der Waals surface area (Å²) in [6.07, 6.45) is 25.6. The summed E-state index contributed by atoms with van der Waals surface area (Å²) < 4.78 is 0. The van der Waals surface area contributed by atoms with E-state index < -0.39 is 5.97 Å². The number of hydrogen-bond acceptors (Lipinski definition) is 1. The van der Waals surface area contributed by atoms with Crippen LogP contribution in [0.15, 0.2) is 35.5 Å². The van der Waals surface area contributed by atoms with Crippen LogP contribution in [0.25, 0.3) is 0 Å². The second-order valence-corrected chi connectivity index (χ2v) is 9.44. The minimum atomic E-state index is -0.661. The predicted octanol–water partition coefficient (Wildman–Crippen LogP) is 8.64. The third-order valence-electron chi connectivity index (χ3n) is 6.80. The molecule has 166 valence electrons. The number of unbranched alkanes of at least 4 members (excludes halogenated alkanes) is 8. The van der Waals surface area contributed by atoms with Crippen molar-refractivity contribution in [3.63, 3.8) is 0 Å². The van der Waals surface area contributed by atoms with Crippen LogP contribution in [-0.4, -0.2) is 11.1 Å². The summed E-state index contributed by atoms with van der Waals surface area (Å²) in [5.74, 6) is -0.0732. The SMILES string of the molecule is CC(C)=C1CC=CCCC=CC(C)C1(C)CCCCCCCCCCCC(=O)O. The van der Waals surface area contributed by atoms with Crippen molar-refractivity contribution in [1.82, 2.24) is 0 Å². The molecule has 1 N–H and O–H groups in total. The molecule has 0 spiro atoms. The standard InChI is InChI=1S/C27H46O2/c1-23(2)25-20-16-12-10-11-15-19-24(3)27(25,4)22-18-14-9-7-5-6-8-13-17-21-26(28)29/h12,15-16,19,24H,5-11,13-14,17-18,20-22H2,1-4H3,(H,28,29). The Balaban J connectivity index is 2.38. The van der Waals surface area contributed by atoms with E-state index in [-0.39, 0.29) is 5.41 Å². The molecule has 1 rings (SSSR count). The van der Waals surface area contributed by atoms with E-state index in [1.165, 1.54) is 56.9 Å². The van der Waals surface area contributed by atoms with Gasteiger partial charge >= 0.3 is 5.97 Å². The first kappa shape index (κ1) is 25.7. The van der Waals surface area contributed by atoms with Crippen LogP contribution in [0.4, 0.5) is 0 Å². The largest absolute Gasteiger partial charge is 0.481 e. The second-order valence-electron chi connectivity index (χ2n) is 9.44. The molecule has 0 amide bonds. The molecule has 0 aromatic rings. The number of carboxylic acids is 1. The summed E-state index contributed by atoms with van der Waals surface area (Å²) in [7, 11) is 0. The van der Waals surface area contributed by atoms with Gasteiger partial charge in [0.15, 0.2) is 0 Å². The highest BCUT2D eigenvalue weighted by Crippen LogP contribution is 2.44. The number of hydrogen-bond donors (Lipinski definition) is 1. The zero-order valence-electron chi connectivity index (χ0n) is 19.6. The lowest BCUT2D eigenvalue weighted by molar-refractivity contribution is -0.137. The molecule has 0 heterocycles. The summed E-state index contributed by atoms with van der Waals surface area (Å²) in [4.78, 5) is 10.5. The Bertz CT molecular complexity index is 551. The topological polar surface area (TPSA) is 37.3 Å². The number of carboxylic acid groups (broad SMARTS) is 1. The molecule has 2 nitrogen and oxygen atoms in total. The smallest absolute Gasteiger partial charge is 0.303 e. The van der Waals surface area contributed by atoms with E-state index in [0.29, 0.717) is 12.3 Å². The van der Waals surface area contributed by atoms with E-state index in [1.807, 2.05) is 0 Å². The Labute approximate surface area is 180 Å². The van der Waals surface area contributed by atoms with Crippen molar-refractivity contribution in [1.29, 1.82) is 0 Å². The van der Waals surface area contributed by atoms with E-state index in [2.05, 4.69) is 52.0 Å². The molecule has 0 aromatic heterocycles. The zero-order valence-corrected chi connectivity index (χ0v) is 19.6. The molecule has 29 heavy (non-hydrogen) atoms. The van der Waals surface area contributed by atoms with Gasteiger partial charge in [0.2, 0.25) is 0 Å². The number of carbonyl (C=O) groups is 1. The highest BCUT2D eigenvalue weighted by Gasteiger charge is 2.33. The van der Waals surface area contributed by atoms with Crippen LogP contribution in [0.3, 0.4) is 0 Å². The summed E-state index contributed by atoms with van der Waals surface area (Å²) in [6.45, 7) is 9.49. The number of allylic oxidation sites excluding steroid dienone is 6. The fraction of sp³-hybridized carbons (Fsp3) is 0.741. The molecule has 0 saturated heterocycles. The van der Waals surface area contributed by atoms with Crippen molar-refractivity contribution in [2.45, 2.75) is 118 Å². The first-order valence-corrected chi connectivity index (χ1v) is 12.1. The highest BCUT2D eigenvalue weighted by atomic mass is 16.4. The third-order valence-corrected chi connectivity index (χ3v) is 6.80. The Morgan fingerprint density at radius 3 is 2.07 bits per heavy atom. The van der Waals surface area contributed by atoms with E-state index >= 15 is 0 Å². The number of rotatable bonds is 12. The van der Waals surface area contributed by atoms with Crippen molar-refractivity contribution in [3.05, 3.63) is 35.5 Å². The van der Waals surface area contributed by atoms with Crippen LogP contribution in [0.2, 0.25) is 0 Å². The molecule has 0 saturated carbocycles. The Morgan fingerprint density at radius 2 is 1.48 bits per heavy atom. The van der Waals surface area contributed by atoms with Crippen LogP contribution < -0.4 is 0 Å². The molecular formula is C27H46O2. The van der Waals surface area contributed by atoms with Gasteiger partial charge in [0, 0.05) is 6.42 Å². The lowest BCUT2D eigenvalue weighted by Crippen LogP contribution is -2.28. The molecule has 0 radical (unpaired) electrons. The van der Waals surface area contributed by atoms with E-state index in [0.717, 1.165) is 32.1 Å². The molecule has 0 aliphatic heterocycles. The van der Waals surface area contributed by atoms with Crippen molar-refractivity contribution in [3.8, 4) is 0 Å². The first-order chi connectivity index (χ1) is 13.9. The van der Waals surface area contributed by atoms with Crippen molar-refractivity contribution < 1.29 is 9.90 Å². The zero-order chi connectivity index (χ0) is 21.5. The number of aliphatic carboxylic acids is 1. The van der Waals surface area contributed by atoms with Crippen LogP contribution in [0.5, 0.6) is 0 Å². The van der Waals surface area contributed by atoms with Gasteiger partial charge in [-0.3, -0.25) is 4.79 Å². The van der Waals surface area contributed by atoms with Crippen molar-refractivity contribution >= 4 is 5.97 Å². The van der Waals surface area contributed by atoms with Gasteiger partial charge in [-0.2, -0.15) is 0 Å². The monoisotopic (exact) mass is 402 g/mol. The summed E-state index contributed by atoms with van der Waals surface area (Å²) in [6, 6.07) is 0. The minimum Gasteiger partial charge on any atom is -0.481 e. The van der Waals surface area contributed by atoms with Gasteiger partial charge in [-0.1, -0.05) is 101 Å². The Kier molecular flexibility index (Phi) is 13.0. The Hall–Kier alpha value is -1.31. The van der Waals surface area contributed by atoms with Gasteiger partial charge in [0.25, 0.3) is 0 Å². The molecule has 2 unspecified atom stereocenters. The first-order valence-electron chi connectivity index (χ1n) is 12.1. The predicted molar refractivity (Wildman–Crippen MR) is 126 cm³/mol. The minimum absolute atomic E-state index is 0.265. The fourth-order valence-electron chi connectivity index (χ4n) is 4.69. The quantitative estimate of drug-likeness (QED) is 0.262. The highest BCUT2D eigenvalue weighted by molar-refractivity contribution is 5.66. The summed E-state index contributed by atoms with van der Waals surface area (Å²) in [5.41, 5.74) is 3.41. The maximum atomic E-state index is 10.5. The molecule has 0 bridgehead atoms. The lowest BCUT2D eigenvalue weighted by atomic mass is 9.66. The van der Waals surface area contributed by atoms with Crippen LogP contribution in [0, 0.1) is 11.3 Å². The van der Waals surface area contributed by atoms with E-state index in [4.69, 9.17) is 5.11 Å². The summed E-state index contributed by atoms with van der Waals surface area (Å²) in [5, 5.41) is 8.66. The molecule has 2 heteroatoms. The van der Waals surface area contributed by atoms with Gasteiger partial charge in [-0.25, -0.2) is 0 Å². The third kappa shape index (κ3) is 10.3. The normalized spacial score (nSPS) is 22.6. The van der Waals surface area contributed by atoms with Crippen LogP contribution in [-0.2, 0) is 4.79 Å².